The van der Waals surface area contributed by atoms with Gasteiger partial charge in [-0.05, 0) is 31.5 Å². The minimum atomic E-state index is -4.52. The highest BCUT2D eigenvalue weighted by molar-refractivity contribution is 5.94. The molecule has 0 saturated heterocycles. The van der Waals surface area contributed by atoms with Crippen molar-refractivity contribution in [3.05, 3.63) is 47.8 Å². The Kier molecular flexibility index (Phi) is 4.02. The van der Waals surface area contributed by atoms with Gasteiger partial charge in [0.2, 0.25) is 5.91 Å². The Morgan fingerprint density at radius 2 is 2.00 bits per heavy atom. The van der Waals surface area contributed by atoms with Gasteiger partial charge >= 0.3 is 6.18 Å². The Labute approximate surface area is 119 Å². The molecule has 0 saturated carbocycles. The van der Waals surface area contributed by atoms with Crippen LogP contribution in [0.3, 0.4) is 0 Å². The third-order valence-electron chi connectivity index (χ3n) is 3.00. The number of aryl methyl sites for hydroxylation is 1. The smallest absolute Gasteiger partial charge is 0.324 e. The van der Waals surface area contributed by atoms with Crippen LogP contribution < -0.4 is 5.32 Å². The lowest BCUT2D eigenvalue weighted by molar-refractivity contribution is -0.137. The maximum atomic E-state index is 12.9. The summed E-state index contributed by atoms with van der Waals surface area (Å²) in [5.41, 5.74) is -0.265. The molecule has 1 amide bonds. The van der Waals surface area contributed by atoms with Crippen LogP contribution in [-0.2, 0) is 11.0 Å². The van der Waals surface area contributed by atoms with E-state index < -0.39 is 23.7 Å². The van der Waals surface area contributed by atoms with E-state index in [9.17, 15) is 18.0 Å². The minimum Gasteiger partial charge on any atom is -0.324 e. The van der Waals surface area contributed by atoms with Crippen molar-refractivity contribution in [2.45, 2.75) is 26.1 Å². The zero-order valence-electron chi connectivity index (χ0n) is 11.5. The highest BCUT2D eigenvalue weighted by atomic mass is 19.4. The maximum Gasteiger partial charge on any atom is 0.418 e. The van der Waals surface area contributed by atoms with Gasteiger partial charge in [-0.1, -0.05) is 12.1 Å². The van der Waals surface area contributed by atoms with Gasteiger partial charge in [-0.25, -0.2) is 0 Å². The summed E-state index contributed by atoms with van der Waals surface area (Å²) in [6.45, 7) is 3.38. The van der Waals surface area contributed by atoms with Gasteiger partial charge in [0, 0.05) is 6.20 Å². The molecule has 0 aliphatic carbocycles. The average molecular weight is 297 g/mol. The second kappa shape index (κ2) is 5.59. The maximum absolute atomic E-state index is 12.9. The molecule has 0 bridgehead atoms. The average Bonchev–Trinajstić information content (AvgIpc) is 2.84. The van der Waals surface area contributed by atoms with Gasteiger partial charge in [0.15, 0.2) is 0 Å². The SMILES string of the molecule is Cc1cnn(C(C)C(=O)Nc2ccccc2C(F)(F)F)c1. The van der Waals surface area contributed by atoms with Gasteiger partial charge in [-0.3, -0.25) is 9.48 Å². The van der Waals surface area contributed by atoms with Crippen molar-refractivity contribution in [3.63, 3.8) is 0 Å². The van der Waals surface area contributed by atoms with E-state index >= 15 is 0 Å². The number of nitrogens with one attached hydrogen (secondary N) is 1. The number of para-hydroxylation sites is 1. The topological polar surface area (TPSA) is 46.9 Å². The van der Waals surface area contributed by atoms with Crippen molar-refractivity contribution in [2.75, 3.05) is 5.32 Å². The number of hydrogen-bond acceptors (Lipinski definition) is 2. The number of carbonyl (C=O) groups is 1. The molecule has 1 N–H and O–H groups in total. The largest absolute Gasteiger partial charge is 0.418 e. The molecule has 1 aromatic carbocycles. The normalized spacial score (nSPS) is 13.0. The van der Waals surface area contributed by atoms with Crippen LogP contribution in [0.25, 0.3) is 0 Å². The predicted molar refractivity (Wildman–Crippen MR) is 71.7 cm³/mol. The van der Waals surface area contributed by atoms with Crippen molar-refractivity contribution in [1.29, 1.82) is 0 Å². The van der Waals surface area contributed by atoms with Gasteiger partial charge in [0.05, 0.1) is 17.4 Å². The summed E-state index contributed by atoms with van der Waals surface area (Å²) < 4.78 is 40.0. The van der Waals surface area contributed by atoms with E-state index in [1.165, 1.54) is 22.9 Å². The third-order valence-corrected chi connectivity index (χ3v) is 3.00. The quantitative estimate of drug-likeness (QED) is 0.943. The van der Waals surface area contributed by atoms with Crippen LogP contribution >= 0.6 is 0 Å². The van der Waals surface area contributed by atoms with E-state index in [0.29, 0.717) is 0 Å². The van der Waals surface area contributed by atoms with Crippen LogP contribution in [0.15, 0.2) is 36.7 Å². The molecule has 21 heavy (non-hydrogen) atoms. The molecule has 1 atom stereocenters. The van der Waals surface area contributed by atoms with Gasteiger partial charge in [-0.15, -0.1) is 0 Å². The molecule has 0 radical (unpaired) electrons. The van der Waals surface area contributed by atoms with E-state index in [0.717, 1.165) is 11.6 Å². The molecule has 0 spiro atoms. The second-order valence-electron chi connectivity index (χ2n) is 4.71. The minimum absolute atomic E-state index is 0.259. The molecule has 2 rings (SSSR count). The number of alkyl halides is 3. The van der Waals surface area contributed by atoms with Gasteiger partial charge < -0.3 is 5.32 Å². The van der Waals surface area contributed by atoms with Crippen molar-refractivity contribution in [2.24, 2.45) is 0 Å². The van der Waals surface area contributed by atoms with Crippen molar-refractivity contribution in [1.82, 2.24) is 9.78 Å². The lowest BCUT2D eigenvalue weighted by Gasteiger charge is -2.16. The summed E-state index contributed by atoms with van der Waals surface area (Å²) in [7, 11) is 0. The zero-order valence-corrected chi connectivity index (χ0v) is 11.5. The van der Waals surface area contributed by atoms with Crippen LogP contribution in [0.1, 0.15) is 24.1 Å². The number of amides is 1. The zero-order chi connectivity index (χ0) is 15.6. The molecular weight excluding hydrogens is 283 g/mol. The van der Waals surface area contributed by atoms with Crippen LogP contribution in [0, 0.1) is 6.92 Å². The molecule has 1 heterocycles. The first kappa shape index (κ1) is 15.1. The number of nitrogens with zero attached hydrogens (tertiary/aromatic N) is 2. The van der Waals surface area contributed by atoms with E-state index in [-0.39, 0.29) is 5.69 Å². The summed E-state index contributed by atoms with van der Waals surface area (Å²) in [4.78, 5) is 12.1. The van der Waals surface area contributed by atoms with Crippen LogP contribution in [0.5, 0.6) is 0 Å². The van der Waals surface area contributed by atoms with Crippen LogP contribution in [0.4, 0.5) is 18.9 Å². The third kappa shape index (κ3) is 3.42. The fourth-order valence-electron chi connectivity index (χ4n) is 1.84. The molecule has 1 aromatic heterocycles. The van der Waals surface area contributed by atoms with E-state index in [1.54, 1.807) is 19.3 Å². The first-order valence-corrected chi connectivity index (χ1v) is 6.27. The Morgan fingerprint density at radius 1 is 1.33 bits per heavy atom. The summed E-state index contributed by atoms with van der Waals surface area (Å²) in [6, 6.07) is 4.16. The standard InChI is InChI=1S/C14H14F3N3O/c1-9-7-18-20(8-9)10(2)13(21)19-12-6-4-3-5-11(12)14(15,16)17/h3-8,10H,1-2H3,(H,19,21). The van der Waals surface area contributed by atoms with Gasteiger partial charge in [0.1, 0.15) is 6.04 Å². The molecule has 2 aromatic rings. The molecule has 112 valence electrons. The summed E-state index contributed by atoms with van der Waals surface area (Å²) >= 11 is 0. The molecule has 0 aliphatic rings. The fourth-order valence-corrected chi connectivity index (χ4v) is 1.84. The number of carbonyl (C=O) groups excluding carboxylic acids is 1. The highest BCUT2D eigenvalue weighted by Crippen LogP contribution is 2.34. The number of rotatable bonds is 3. The fraction of sp³-hybridized carbons (Fsp3) is 0.286. The summed E-state index contributed by atoms with van der Waals surface area (Å²) in [5.74, 6) is -0.560. The van der Waals surface area contributed by atoms with Gasteiger partial charge in [-0.2, -0.15) is 18.3 Å². The molecule has 0 aliphatic heterocycles. The first-order valence-electron chi connectivity index (χ1n) is 6.27. The second-order valence-corrected chi connectivity index (χ2v) is 4.71. The van der Waals surface area contributed by atoms with E-state index in [4.69, 9.17) is 0 Å². The Morgan fingerprint density at radius 3 is 2.57 bits per heavy atom. The number of aromatic nitrogens is 2. The van der Waals surface area contributed by atoms with Crippen molar-refractivity contribution in [3.8, 4) is 0 Å². The summed E-state index contributed by atoms with van der Waals surface area (Å²) in [5, 5.41) is 6.29. The Balaban J connectivity index is 2.20. The highest BCUT2D eigenvalue weighted by Gasteiger charge is 2.33. The van der Waals surface area contributed by atoms with Crippen molar-refractivity contribution < 1.29 is 18.0 Å². The van der Waals surface area contributed by atoms with Gasteiger partial charge in [0.25, 0.3) is 0 Å². The Bertz CT molecular complexity index is 649. The van der Waals surface area contributed by atoms with Crippen molar-refractivity contribution >= 4 is 11.6 Å². The number of anilines is 1. The van der Waals surface area contributed by atoms with E-state index in [1.807, 2.05) is 6.92 Å². The van der Waals surface area contributed by atoms with E-state index in [2.05, 4.69) is 10.4 Å². The number of benzene rings is 1. The number of halogens is 3. The lowest BCUT2D eigenvalue weighted by atomic mass is 10.1. The molecule has 1 unspecified atom stereocenters. The summed E-state index contributed by atoms with van der Waals surface area (Å²) in [6.07, 6.45) is -1.29. The molecular formula is C14H14F3N3O. The Hall–Kier alpha value is -2.31. The molecule has 7 heteroatoms. The molecule has 0 fully saturated rings. The number of hydrogen-bond donors (Lipinski definition) is 1. The predicted octanol–water partition coefficient (Wildman–Crippen LogP) is 3.41. The lowest BCUT2D eigenvalue weighted by Crippen LogP contribution is -2.25. The van der Waals surface area contributed by atoms with Crippen LogP contribution in [-0.4, -0.2) is 15.7 Å². The van der Waals surface area contributed by atoms with Crippen LogP contribution in [0.2, 0.25) is 0 Å². The molecule has 4 nitrogen and oxygen atoms in total. The monoisotopic (exact) mass is 297 g/mol. The first-order chi connectivity index (χ1) is 9.79.